The van der Waals surface area contributed by atoms with Crippen molar-refractivity contribution in [3.63, 3.8) is 0 Å². The van der Waals surface area contributed by atoms with E-state index in [0.717, 1.165) is 44.0 Å². The molecular weight excluding hydrogens is 368 g/mol. The summed E-state index contributed by atoms with van der Waals surface area (Å²) in [6.07, 6.45) is 7.10. The number of ketones is 1. The highest BCUT2D eigenvalue weighted by atomic mass is 32.1. The molecule has 0 amide bonds. The van der Waals surface area contributed by atoms with Crippen LogP contribution in [0.25, 0.3) is 32.6 Å². The number of thiazole rings is 1. The number of anilines is 1. The van der Waals surface area contributed by atoms with Gasteiger partial charge in [0.2, 0.25) is 0 Å². The summed E-state index contributed by atoms with van der Waals surface area (Å²) >= 11 is 1.55. The first-order chi connectivity index (χ1) is 13.6. The van der Waals surface area contributed by atoms with E-state index in [9.17, 15) is 4.79 Å². The molecule has 0 aliphatic rings. The number of pyridine rings is 2. The van der Waals surface area contributed by atoms with Crippen LogP contribution in [0.4, 0.5) is 5.69 Å². The van der Waals surface area contributed by atoms with Gasteiger partial charge in [0.15, 0.2) is 0 Å². The molecule has 6 heteroatoms. The van der Waals surface area contributed by atoms with Gasteiger partial charge in [0.25, 0.3) is 0 Å². The lowest BCUT2D eigenvalue weighted by Crippen LogP contribution is -2.00. The quantitative estimate of drug-likeness (QED) is 0.507. The van der Waals surface area contributed by atoms with Crippen LogP contribution in [-0.2, 0) is 11.2 Å². The minimum absolute atomic E-state index is 0.220. The Morgan fingerprint density at radius 1 is 1.14 bits per heavy atom. The Hall–Kier alpha value is -3.12. The molecule has 140 valence electrons. The molecule has 4 aromatic rings. The number of nitrogen functional groups attached to an aromatic ring is 1. The average Bonchev–Trinajstić information content (AvgIpc) is 3.10. The molecule has 0 atom stereocenters. The summed E-state index contributed by atoms with van der Waals surface area (Å²) < 4.78 is 1.02. The SMILES string of the molecule is CCCC(=O)Cc1nc2cc(-c3cccnc3)cc(-c3cc(N)ccn3)c2s1. The van der Waals surface area contributed by atoms with Crippen molar-refractivity contribution in [2.24, 2.45) is 0 Å². The Bertz CT molecular complexity index is 1140. The normalized spacial score (nSPS) is 11.0. The fourth-order valence-corrected chi connectivity index (χ4v) is 4.27. The molecule has 0 unspecified atom stereocenters. The number of nitrogens with two attached hydrogens (primary N) is 1. The highest BCUT2D eigenvalue weighted by Gasteiger charge is 2.15. The number of carbonyl (C=O) groups excluding carboxylic acids is 1. The number of carbonyl (C=O) groups is 1. The van der Waals surface area contributed by atoms with E-state index in [-0.39, 0.29) is 5.78 Å². The molecule has 5 nitrogen and oxygen atoms in total. The molecule has 0 aliphatic carbocycles. The second-order valence-corrected chi connectivity index (χ2v) is 7.74. The second-order valence-electron chi connectivity index (χ2n) is 6.66. The van der Waals surface area contributed by atoms with Crippen molar-refractivity contribution >= 4 is 33.0 Å². The average molecular weight is 388 g/mol. The van der Waals surface area contributed by atoms with Gasteiger partial charge in [0, 0.05) is 41.8 Å². The molecule has 0 fully saturated rings. The number of benzene rings is 1. The van der Waals surface area contributed by atoms with Crippen LogP contribution >= 0.6 is 11.3 Å². The lowest BCUT2D eigenvalue weighted by molar-refractivity contribution is -0.118. The molecule has 4 rings (SSSR count). The summed E-state index contributed by atoms with van der Waals surface area (Å²) in [6.45, 7) is 2.01. The molecule has 3 heterocycles. The highest BCUT2D eigenvalue weighted by molar-refractivity contribution is 7.19. The predicted octanol–water partition coefficient (Wildman–Crippen LogP) is 4.91. The van der Waals surface area contributed by atoms with Crippen LogP contribution in [0, 0.1) is 0 Å². The van der Waals surface area contributed by atoms with E-state index in [2.05, 4.69) is 16.0 Å². The van der Waals surface area contributed by atoms with E-state index < -0.39 is 0 Å². The van der Waals surface area contributed by atoms with Gasteiger partial charge in [-0.3, -0.25) is 14.8 Å². The maximum absolute atomic E-state index is 12.1. The van der Waals surface area contributed by atoms with Crippen molar-refractivity contribution in [2.45, 2.75) is 26.2 Å². The van der Waals surface area contributed by atoms with E-state index in [1.54, 1.807) is 29.8 Å². The first kappa shape index (κ1) is 18.3. The van der Waals surface area contributed by atoms with Crippen LogP contribution in [0.5, 0.6) is 0 Å². The third kappa shape index (κ3) is 3.77. The molecule has 0 radical (unpaired) electrons. The van der Waals surface area contributed by atoms with E-state index >= 15 is 0 Å². The van der Waals surface area contributed by atoms with Crippen LogP contribution in [0.3, 0.4) is 0 Å². The van der Waals surface area contributed by atoms with E-state index in [0.29, 0.717) is 18.5 Å². The largest absolute Gasteiger partial charge is 0.399 e. The van der Waals surface area contributed by atoms with Gasteiger partial charge in [-0.1, -0.05) is 13.0 Å². The van der Waals surface area contributed by atoms with Crippen LogP contribution < -0.4 is 5.73 Å². The van der Waals surface area contributed by atoms with Crippen LogP contribution in [0.1, 0.15) is 24.8 Å². The first-order valence-corrected chi connectivity index (χ1v) is 10.0. The topological polar surface area (TPSA) is 81.8 Å². The first-order valence-electron chi connectivity index (χ1n) is 9.21. The molecule has 0 bridgehead atoms. The van der Waals surface area contributed by atoms with Crippen LogP contribution in [0.15, 0.2) is 55.0 Å². The van der Waals surface area contributed by atoms with Crippen LogP contribution in [0.2, 0.25) is 0 Å². The van der Waals surface area contributed by atoms with Gasteiger partial charge in [-0.2, -0.15) is 0 Å². The number of hydrogen-bond acceptors (Lipinski definition) is 6. The predicted molar refractivity (Wildman–Crippen MR) is 114 cm³/mol. The van der Waals surface area contributed by atoms with Crippen molar-refractivity contribution in [2.75, 3.05) is 5.73 Å². The third-order valence-corrected chi connectivity index (χ3v) is 5.57. The Labute approximate surface area is 167 Å². The maximum Gasteiger partial charge on any atom is 0.139 e. The Kier molecular flexibility index (Phi) is 5.12. The molecule has 1 aromatic carbocycles. The van der Waals surface area contributed by atoms with Gasteiger partial charge in [0.05, 0.1) is 22.3 Å². The number of aromatic nitrogens is 3. The van der Waals surface area contributed by atoms with E-state index in [1.807, 2.05) is 37.4 Å². The van der Waals surface area contributed by atoms with Crippen molar-refractivity contribution < 1.29 is 4.79 Å². The Balaban J connectivity index is 1.88. The minimum atomic E-state index is 0.220. The summed E-state index contributed by atoms with van der Waals surface area (Å²) in [7, 11) is 0. The van der Waals surface area contributed by atoms with Crippen molar-refractivity contribution in [3.05, 3.63) is 60.0 Å². The zero-order valence-electron chi connectivity index (χ0n) is 15.6. The number of hydrogen-bond donors (Lipinski definition) is 1. The van der Waals surface area contributed by atoms with Gasteiger partial charge < -0.3 is 5.73 Å². The molecule has 0 spiro atoms. The molecule has 2 N–H and O–H groups in total. The standard InChI is InChI=1S/C22H20N4OS/c1-2-4-17(27)12-21-26-20-10-15(14-5-3-7-24-13-14)9-18(22(20)28-21)19-11-16(23)6-8-25-19/h3,5-11,13H,2,4,12H2,1H3,(H2,23,25). The minimum Gasteiger partial charge on any atom is -0.399 e. The summed E-state index contributed by atoms with van der Waals surface area (Å²) in [6, 6.07) is 11.7. The fourth-order valence-electron chi connectivity index (χ4n) is 3.17. The highest BCUT2D eigenvalue weighted by Crippen LogP contribution is 2.37. The van der Waals surface area contributed by atoms with Crippen LogP contribution in [-0.4, -0.2) is 20.7 Å². The van der Waals surface area contributed by atoms with Crippen molar-refractivity contribution in [1.29, 1.82) is 0 Å². The molecule has 0 saturated heterocycles. The summed E-state index contributed by atoms with van der Waals surface area (Å²) in [5, 5.41) is 0.835. The number of rotatable bonds is 6. The number of Topliss-reactive ketones (excluding diaryl/α,β-unsaturated/α-hetero) is 1. The Morgan fingerprint density at radius 2 is 2.04 bits per heavy atom. The monoisotopic (exact) mass is 388 g/mol. The summed E-state index contributed by atoms with van der Waals surface area (Å²) in [5.74, 6) is 0.220. The maximum atomic E-state index is 12.1. The van der Waals surface area contributed by atoms with E-state index in [4.69, 9.17) is 10.7 Å². The molecule has 3 aromatic heterocycles. The lowest BCUT2D eigenvalue weighted by atomic mass is 10.0. The lowest BCUT2D eigenvalue weighted by Gasteiger charge is -2.07. The van der Waals surface area contributed by atoms with Crippen molar-refractivity contribution in [3.8, 4) is 22.4 Å². The fraction of sp³-hybridized carbons (Fsp3) is 0.182. The zero-order chi connectivity index (χ0) is 19.5. The smallest absolute Gasteiger partial charge is 0.139 e. The van der Waals surface area contributed by atoms with E-state index in [1.165, 1.54) is 0 Å². The molecule has 0 saturated carbocycles. The van der Waals surface area contributed by atoms with Gasteiger partial charge in [0.1, 0.15) is 10.8 Å². The Morgan fingerprint density at radius 3 is 2.79 bits per heavy atom. The third-order valence-electron chi connectivity index (χ3n) is 4.47. The van der Waals surface area contributed by atoms with Crippen molar-refractivity contribution in [1.82, 2.24) is 15.0 Å². The number of nitrogens with zero attached hydrogens (tertiary/aromatic N) is 3. The van der Waals surface area contributed by atoms with Gasteiger partial charge in [-0.05, 0) is 42.3 Å². The van der Waals surface area contributed by atoms with Gasteiger partial charge in [-0.15, -0.1) is 11.3 Å². The van der Waals surface area contributed by atoms with Gasteiger partial charge in [-0.25, -0.2) is 4.98 Å². The number of fused-ring (bicyclic) bond motifs is 1. The second kappa shape index (κ2) is 7.86. The summed E-state index contributed by atoms with van der Waals surface area (Å²) in [4.78, 5) is 25.6. The molecular formula is C22H20N4OS. The summed E-state index contributed by atoms with van der Waals surface area (Å²) in [5.41, 5.74) is 11.3. The molecule has 28 heavy (non-hydrogen) atoms. The molecule has 0 aliphatic heterocycles. The van der Waals surface area contributed by atoms with Gasteiger partial charge >= 0.3 is 0 Å². The zero-order valence-corrected chi connectivity index (χ0v) is 16.4.